The third-order valence-electron chi connectivity index (χ3n) is 7.29. The molecule has 0 bridgehead atoms. The Hall–Kier alpha value is -3.85. The molecule has 2 aliphatic rings. The zero-order valence-electron chi connectivity index (χ0n) is 19.5. The van der Waals surface area contributed by atoms with Crippen LogP contribution in [-0.2, 0) is 4.79 Å². The first-order valence-corrected chi connectivity index (χ1v) is 12.7. The van der Waals surface area contributed by atoms with Gasteiger partial charge in [-0.25, -0.2) is 9.97 Å². The number of pyridine rings is 1. The van der Waals surface area contributed by atoms with Crippen molar-refractivity contribution in [2.75, 3.05) is 18.4 Å². The largest absolute Gasteiger partial charge is 0.339 e. The Morgan fingerprint density at radius 3 is 2.83 bits per heavy atom. The number of aromatic nitrogens is 3. The number of halogens is 1. The zero-order valence-corrected chi connectivity index (χ0v) is 20.3. The van der Waals surface area contributed by atoms with E-state index in [-0.39, 0.29) is 23.3 Å². The van der Waals surface area contributed by atoms with E-state index >= 15 is 0 Å². The van der Waals surface area contributed by atoms with Crippen LogP contribution in [0.15, 0.2) is 67.4 Å². The summed E-state index contributed by atoms with van der Waals surface area (Å²) in [6.45, 7) is 5.11. The normalized spacial score (nSPS) is 21.0. The van der Waals surface area contributed by atoms with Crippen LogP contribution in [-0.4, -0.2) is 44.3 Å². The Balaban J connectivity index is 1.24. The fourth-order valence-electron chi connectivity index (χ4n) is 5.54. The lowest BCUT2D eigenvalue weighted by atomic mass is 9.65. The Labute approximate surface area is 211 Å². The molecule has 1 N–H and O–H groups in total. The van der Waals surface area contributed by atoms with E-state index in [0.717, 1.165) is 48.3 Å². The SMILES string of the molecule is C=CC(=O)N1CC[C@]2(C1)C[C@H](n1c(NC(=O)c3ccc(-c4ccnc(F)c4)s3)nc3ccccc31)C2. The van der Waals surface area contributed by atoms with Gasteiger partial charge in [0.1, 0.15) is 0 Å². The van der Waals surface area contributed by atoms with Crippen LogP contribution in [0.4, 0.5) is 10.3 Å². The lowest BCUT2D eigenvalue weighted by molar-refractivity contribution is -0.125. The van der Waals surface area contributed by atoms with Crippen molar-refractivity contribution >= 4 is 40.1 Å². The van der Waals surface area contributed by atoms with Crippen molar-refractivity contribution in [3.63, 3.8) is 0 Å². The lowest BCUT2D eigenvalue weighted by Crippen LogP contribution is -2.42. The van der Waals surface area contributed by atoms with Gasteiger partial charge in [-0.1, -0.05) is 18.7 Å². The van der Waals surface area contributed by atoms with Gasteiger partial charge in [0.05, 0.1) is 15.9 Å². The smallest absolute Gasteiger partial charge is 0.268 e. The van der Waals surface area contributed by atoms with E-state index in [2.05, 4.69) is 21.4 Å². The number of amides is 2. The molecule has 182 valence electrons. The average molecular weight is 502 g/mol. The molecular weight excluding hydrogens is 477 g/mol. The van der Waals surface area contributed by atoms with Crippen LogP contribution in [0.2, 0.25) is 0 Å². The highest BCUT2D eigenvalue weighted by molar-refractivity contribution is 7.17. The van der Waals surface area contributed by atoms with Gasteiger partial charge in [-0.3, -0.25) is 14.9 Å². The highest BCUT2D eigenvalue weighted by atomic mass is 32.1. The second kappa shape index (κ2) is 8.67. The van der Waals surface area contributed by atoms with E-state index < -0.39 is 5.95 Å². The Bertz CT molecular complexity index is 1500. The number of likely N-dealkylation sites (tertiary alicyclic amines) is 1. The monoisotopic (exact) mass is 501 g/mol. The fraction of sp³-hybridized carbons (Fsp3) is 0.259. The van der Waals surface area contributed by atoms with Crippen molar-refractivity contribution in [1.29, 1.82) is 0 Å². The van der Waals surface area contributed by atoms with Crippen molar-refractivity contribution < 1.29 is 14.0 Å². The number of hydrogen-bond acceptors (Lipinski definition) is 5. The number of fused-ring (bicyclic) bond motifs is 1. The summed E-state index contributed by atoms with van der Waals surface area (Å²) in [6, 6.07) is 14.7. The molecule has 1 saturated carbocycles. The molecule has 7 nitrogen and oxygen atoms in total. The quantitative estimate of drug-likeness (QED) is 0.298. The molecule has 2 fully saturated rings. The van der Waals surface area contributed by atoms with Gasteiger partial charge in [0.25, 0.3) is 5.91 Å². The third-order valence-corrected chi connectivity index (χ3v) is 8.42. The molecule has 1 aromatic carbocycles. The maximum atomic E-state index is 13.5. The summed E-state index contributed by atoms with van der Waals surface area (Å²) < 4.78 is 15.7. The molecule has 3 aromatic heterocycles. The van der Waals surface area contributed by atoms with E-state index in [4.69, 9.17) is 4.98 Å². The van der Waals surface area contributed by atoms with Crippen LogP contribution in [0.5, 0.6) is 0 Å². The number of nitrogens with one attached hydrogen (secondary N) is 1. The number of benzene rings is 1. The highest BCUT2D eigenvalue weighted by Crippen LogP contribution is 2.55. The molecule has 1 spiro atoms. The fourth-order valence-corrected chi connectivity index (χ4v) is 6.44. The van der Waals surface area contributed by atoms with Crippen LogP contribution < -0.4 is 5.32 Å². The highest BCUT2D eigenvalue weighted by Gasteiger charge is 2.50. The van der Waals surface area contributed by atoms with E-state index in [1.165, 1.54) is 29.7 Å². The van der Waals surface area contributed by atoms with Crippen molar-refractivity contribution in [3.8, 4) is 10.4 Å². The molecule has 0 radical (unpaired) electrons. The van der Waals surface area contributed by atoms with E-state index in [1.807, 2.05) is 35.2 Å². The van der Waals surface area contributed by atoms with Crippen molar-refractivity contribution in [3.05, 3.63) is 78.2 Å². The second-order valence-corrected chi connectivity index (χ2v) is 10.6. The third kappa shape index (κ3) is 3.89. The molecule has 2 amide bonds. The van der Waals surface area contributed by atoms with Gasteiger partial charge in [0.2, 0.25) is 17.8 Å². The van der Waals surface area contributed by atoms with E-state index in [1.54, 1.807) is 12.1 Å². The number of anilines is 1. The zero-order chi connectivity index (χ0) is 24.9. The molecule has 0 unspecified atom stereocenters. The summed E-state index contributed by atoms with van der Waals surface area (Å²) in [6.07, 6.45) is 5.62. The number of nitrogens with zero attached hydrogens (tertiary/aromatic N) is 4. The van der Waals surface area contributed by atoms with Crippen molar-refractivity contribution in [1.82, 2.24) is 19.4 Å². The Kier molecular flexibility index (Phi) is 5.44. The first-order valence-electron chi connectivity index (χ1n) is 11.9. The van der Waals surface area contributed by atoms with Crippen LogP contribution >= 0.6 is 11.3 Å². The van der Waals surface area contributed by atoms with Gasteiger partial charge in [-0.05, 0) is 66.6 Å². The molecule has 36 heavy (non-hydrogen) atoms. The summed E-state index contributed by atoms with van der Waals surface area (Å²) in [4.78, 5) is 36.8. The van der Waals surface area contributed by atoms with Gasteiger partial charge in [0, 0.05) is 36.3 Å². The molecule has 0 atom stereocenters. The number of imidazole rings is 1. The standard InChI is InChI=1S/C27H24FN5O2S/c1-2-24(34)32-12-10-27(16-32)14-18(15-27)33-20-6-4-3-5-19(20)30-26(33)31-25(35)22-8-7-21(36-22)17-9-11-29-23(28)13-17/h2-9,11,13,18H,1,10,12,14-16H2,(H,30,31,35)/t18-,27-. The first kappa shape index (κ1) is 22.6. The topological polar surface area (TPSA) is 80.1 Å². The molecule has 1 aliphatic heterocycles. The molecule has 6 rings (SSSR count). The predicted molar refractivity (Wildman–Crippen MR) is 137 cm³/mol. The van der Waals surface area contributed by atoms with E-state index in [9.17, 15) is 14.0 Å². The Morgan fingerprint density at radius 1 is 1.19 bits per heavy atom. The van der Waals surface area contributed by atoms with Gasteiger partial charge >= 0.3 is 0 Å². The van der Waals surface area contributed by atoms with Gasteiger partial charge in [0.15, 0.2) is 0 Å². The molecule has 9 heteroatoms. The maximum absolute atomic E-state index is 13.5. The van der Waals surface area contributed by atoms with Gasteiger partial charge in [-0.15, -0.1) is 11.3 Å². The summed E-state index contributed by atoms with van der Waals surface area (Å²) >= 11 is 1.29. The molecule has 4 heterocycles. The number of para-hydroxylation sites is 2. The number of rotatable bonds is 5. The summed E-state index contributed by atoms with van der Waals surface area (Å²) in [5, 5.41) is 3.02. The van der Waals surface area contributed by atoms with Crippen molar-refractivity contribution in [2.24, 2.45) is 5.41 Å². The number of carbonyl (C=O) groups is 2. The minimum atomic E-state index is -0.557. The Morgan fingerprint density at radius 2 is 2.03 bits per heavy atom. The lowest BCUT2D eigenvalue weighted by Gasteiger charge is -2.46. The minimum Gasteiger partial charge on any atom is -0.339 e. The van der Waals surface area contributed by atoms with Crippen LogP contribution in [0.1, 0.15) is 35.0 Å². The number of thiophene rings is 1. The van der Waals surface area contributed by atoms with Crippen molar-refractivity contribution in [2.45, 2.75) is 25.3 Å². The van der Waals surface area contributed by atoms with Crippen LogP contribution in [0.25, 0.3) is 21.5 Å². The minimum absolute atomic E-state index is 0.0128. The van der Waals surface area contributed by atoms with Gasteiger partial charge < -0.3 is 9.47 Å². The van der Waals surface area contributed by atoms with Crippen LogP contribution in [0.3, 0.4) is 0 Å². The number of hydrogen-bond donors (Lipinski definition) is 1. The second-order valence-electron chi connectivity index (χ2n) is 9.56. The average Bonchev–Trinajstić information content (AvgIpc) is 3.59. The number of carbonyl (C=O) groups excluding carboxylic acids is 2. The molecular formula is C27H24FN5O2S. The maximum Gasteiger partial charge on any atom is 0.268 e. The van der Waals surface area contributed by atoms with Crippen LogP contribution in [0, 0.1) is 11.4 Å². The molecule has 4 aromatic rings. The summed E-state index contributed by atoms with van der Waals surface area (Å²) in [5.41, 5.74) is 2.59. The molecule has 1 saturated heterocycles. The summed E-state index contributed by atoms with van der Waals surface area (Å²) in [7, 11) is 0. The van der Waals surface area contributed by atoms with E-state index in [0.29, 0.717) is 16.4 Å². The van der Waals surface area contributed by atoms with Gasteiger partial charge in [-0.2, -0.15) is 4.39 Å². The predicted octanol–water partition coefficient (Wildman–Crippen LogP) is 5.29. The molecule has 1 aliphatic carbocycles. The summed E-state index contributed by atoms with van der Waals surface area (Å²) in [5.74, 6) is -0.308. The first-order chi connectivity index (χ1) is 17.4.